The van der Waals surface area contributed by atoms with Gasteiger partial charge in [0, 0.05) is 27.5 Å². The van der Waals surface area contributed by atoms with E-state index >= 15 is 0 Å². The van der Waals surface area contributed by atoms with Crippen molar-refractivity contribution in [3.63, 3.8) is 0 Å². The van der Waals surface area contributed by atoms with Crippen LogP contribution in [0.1, 0.15) is 22.3 Å². The second-order valence-electron chi connectivity index (χ2n) is 17.8. The van der Waals surface area contributed by atoms with Crippen LogP contribution in [0.4, 0.5) is 0 Å². The third kappa shape index (κ3) is 5.71. The minimum absolute atomic E-state index is 0.366. The molecule has 0 aliphatic heterocycles. The third-order valence-electron chi connectivity index (χ3n) is 14.2. The first kappa shape index (κ1) is 38.3. The molecule has 0 radical (unpaired) electrons. The minimum Gasteiger partial charge on any atom is -0.456 e. The zero-order valence-corrected chi connectivity index (χ0v) is 36.8. The fourth-order valence-corrected chi connectivity index (χ4v) is 11.2. The molecule has 2 heterocycles. The van der Waals surface area contributed by atoms with E-state index in [1.807, 2.05) is 48.5 Å². The average molecular weight is 866 g/mol. The first-order valence-electron chi connectivity index (χ1n) is 23.2. The summed E-state index contributed by atoms with van der Waals surface area (Å²) in [5.74, 6) is 1.87. The average Bonchev–Trinajstić information content (AvgIpc) is 4.06. The molecular weight excluding hydrogens is 827 g/mol. The molecule has 1 spiro atoms. The van der Waals surface area contributed by atoms with Crippen molar-refractivity contribution in [2.24, 2.45) is 0 Å². The molecule has 10 aromatic carbocycles. The van der Waals surface area contributed by atoms with Gasteiger partial charge in [-0.1, -0.05) is 224 Å². The molecular formula is C64H39N3O. The van der Waals surface area contributed by atoms with E-state index in [-0.39, 0.29) is 5.41 Å². The normalized spacial score (nSPS) is 12.8. The SMILES string of the molecule is c1ccc(-c2nc(-c3ccc(-c4ccc(-c5cccc6c5-c5ccccc5C65c6ccccc6-c6ccccc65)cc4)cc3)nc(-c3ccc(-c4cccc5oc6ccccc6c45)cc3)n2)cc1. The number of aromatic nitrogens is 3. The van der Waals surface area contributed by atoms with Gasteiger partial charge in [0.1, 0.15) is 11.2 Å². The van der Waals surface area contributed by atoms with Crippen molar-refractivity contribution in [1.29, 1.82) is 0 Å². The number of furan rings is 1. The Labute approximate surface area is 393 Å². The van der Waals surface area contributed by atoms with Gasteiger partial charge in [-0.15, -0.1) is 0 Å². The second-order valence-corrected chi connectivity index (χ2v) is 17.8. The number of para-hydroxylation sites is 1. The number of rotatable bonds is 6. The van der Waals surface area contributed by atoms with Crippen LogP contribution in [0.25, 0.3) is 112 Å². The van der Waals surface area contributed by atoms with Gasteiger partial charge in [-0.05, 0) is 90.0 Å². The number of benzene rings is 10. The van der Waals surface area contributed by atoms with Crippen molar-refractivity contribution in [1.82, 2.24) is 15.0 Å². The monoisotopic (exact) mass is 865 g/mol. The van der Waals surface area contributed by atoms with Gasteiger partial charge >= 0.3 is 0 Å². The van der Waals surface area contributed by atoms with E-state index in [0.717, 1.165) is 60.9 Å². The maximum atomic E-state index is 6.20. The first-order valence-corrected chi connectivity index (χ1v) is 23.2. The van der Waals surface area contributed by atoms with Crippen LogP contribution in [-0.2, 0) is 5.41 Å². The lowest BCUT2D eigenvalue weighted by Gasteiger charge is -2.30. The Hall–Kier alpha value is -8.99. The summed E-state index contributed by atoms with van der Waals surface area (Å²) in [6.45, 7) is 0. The number of hydrogen-bond donors (Lipinski definition) is 0. The van der Waals surface area contributed by atoms with E-state index in [9.17, 15) is 0 Å². The third-order valence-corrected chi connectivity index (χ3v) is 14.2. The molecule has 12 aromatic rings. The molecule has 2 aromatic heterocycles. The van der Waals surface area contributed by atoms with Gasteiger partial charge in [0.2, 0.25) is 0 Å². The van der Waals surface area contributed by atoms with Gasteiger partial charge < -0.3 is 4.42 Å². The standard InChI is InChI=1S/C64H39N3O/c1-2-14-44(15-3-1)61-65-62(67-63(66-61)46-38-34-43(35-39-46)48-21-13-27-58-60(48)52-19-7-11-26-57(52)68-58)45-36-30-41(31-37-45)40-28-32-42(33-29-40)47-20-12-25-56-59(47)51-18-6-10-24-55(51)64(56)53-22-8-4-16-49(53)50-17-5-9-23-54(50)64/h1-39H. The van der Waals surface area contributed by atoms with E-state index in [2.05, 4.69) is 188 Å². The molecule has 0 N–H and O–H groups in total. The summed E-state index contributed by atoms with van der Waals surface area (Å²) in [6.07, 6.45) is 0. The van der Waals surface area contributed by atoms with E-state index < -0.39 is 0 Å². The van der Waals surface area contributed by atoms with Crippen LogP contribution in [0, 0.1) is 0 Å². The van der Waals surface area contributed by atoms with Crippen LogP contribution in [-0.4, -0.2) is 15.0 Å². The highest BCUT2D eigenvalue weighted by Gasteiger charge is 2.51. The highest BCUT2D eigenvalue weighted by Crippen LogP contribution is 2.64. The van der Waals surface area contributed by atoms with E-state index in [1.54, 1.807) is 0 Å². The minimum atomic E-state index is -0.366. The lowest BCUT2D eigenvalue weighted by molar-refractivity contribution is 0.669. The smallest absolute Gasteiger partial charge is 0.164 e. The topological polar surface area (TPSA) is 51.8 Å². The zero-order chi connectivity index (χ0) is 44.8. The van der Waals surface area contributed by atoms with Gasteiger partial charge in [0.25, 0.3) is 0 Å². The Balaban J connectivity index is 0.800. The zero-order valence-electron chi connectivity index (χ0n) is 36.8. The fraction of sp³-hybridized carbons (Fsp3) is 0.0156. The molecule has 316 valence electrons. The van der Waals surface area contributed by atoms with Crippen molar-refractivity contribution < 1.29 is 4.42 Å². The van der Waals surface area contributed by atoms with Crippen molar-refractivity contribution in [2.75, 3.05) is 0 Å². The quantitative estimate of drug-likeness (QED) is 0.167. The van der Waals surface area contributed by atoms with Crippen molar-refractivity contribution >= 4 is 21.9 Å². The molecule has 2 aliphatic carbocycles. The first-order chi connectivity index (χ1) is 33.7. The molecule has 0 amide bonds. The summed E-state index contributed by atoms with van der Waals surface area (Å²) in [7, 11) is 0. The molecule has 0 saturated heterocycles. The molecule has 14 rings (SSSR count). The van der Waals surface area contributed by atoms with E-state index in [1.165, 1.54) is 55.6 Å². The van der Waals surface area contributed by atoms with E-state index in [4.69, 9.17) is 19.4 Å². The van der Waals surface area contributed by atoms with Gasteiger partial charge in [0.05, 0.1) is 5.41 Å². The van der Waals surface area contributed by atoms with Crippen molar-refractivity contribution in [3.8, 4) is 89.8 Å². The predicted molar refractivity (Wildman–Crippen MR) is 276 cm³/mol. The van der Waals surface area contributed by atoms with Crippen LogP contribution in [0.2, 0.25) is 0 Å². The summed E-state index contributed by atoms with van der Waals surface area (Å²) >= 11 is 0. The molecule has 0 unspecified atom stereocenters. The molecule has 0 atom stereocenters. The lowest BCUT2D eigenvalue weighted by Crippen LogP contribution is -2.25. The number of nitrogens with zero attached hydrogens (tertiary/aromatic N) is 3. The Morgan fingerprint density at radius 2 is 0.662 bits per heavy atom. The van der Waals surface area contributed by atoms with Crippen LogP contribution in [0.5, 0.6) is 0 Å². The molecule has 0 fully saturated rings. The molecule has 0 saturated carbocycles. The molecule has 68 heavy (non-hydrogen) atoms. The van der Waals surface area contributed by atoms with E-state index in [0.29, 0.717) is 17.5 Å². The van der Waals surface area contributed by atoms with Crippen LogP contribution >= 0.6 is 0 Å². The van der Waals surface area contributed by atoms with Gasteiger partial charge in [0.15, 0.2) is 17.5 Å². The summed E-state index contributed by atoms with van der Waals surface area (Å²) < 4.78 is 6.20. The summed E-state index contributed by atoms with van der Waals surface area (Å²) in [4.78, 5) is 15.1. The fourth-order valence-electron chi connectivity index (χ4n) is 11.2. The number of hydrogen-bond acceptors (Lipinski definition) is 4. The second kappa shape index (κ2) is 15.0. The molecule has 2 aliphatic rings. The Kier molecular flexibility index (Phi) is 8.46. The van der Waals surface area contributed by atoms with Crippen LogP contribution in [0.3, 0.4) is 0 Å². The summed E-state index contributed by atoms with van der Waals surface area (Å²) in [5, 5.41) is 2.22. The molecule has 4 nitrogen and oxygen atoms in total. The lowest BCUT2D eigenvalue weighted by atomic mass is 9.70. The number of fused-ring (bicyclic) bond motifs is 13. The molecule has 4 heteroatoms. The maximum Gasteiger partial charge on any atom is 0.164 e. The summed E-state index contributed by atoms with van der Waals surface area (Å²) in [5.41, 5.74) is 21.8. The highest BCUT2D eigenvalue weighted by molar-refractivity contribution is 6.12. The Morgan fingerprint density at radius 3 is 1.28 bits per heavy atom. The predicted octanol–water partition coefficient (Wildman–Crippen LogP) is 16.1. The Bertz CT molecular complexity index is 3900. The van der Waals surface area contributed by atoms with Crippen molar-refractivity contribution in [2.45, 2.75) is 5.41 Å². The van der Waals surface area contributed by atoms with Crippen LogP contribution in [0.15, 0.2) is 241 Å². The van der Waals surface area contributed by atoms with Gasteiger partial charge in [-0.25, -0.2) is 15.0 Å². The maximum absolute atomic E-state index is 6.20. The Morgan fingerprint density at radius 1 is 0.265 bits per heavy atom. The van der Waals surface area contributed by atoms with Gasteiger partial charge in [-0.2, -0.15) is 0 Å². The van der Waals surface area contributed by atoms with Gasteiger partial charge in [-0.3, -0.25) is 0 Å². The summed E-state index contributed by atoms with van der Waals surface area (Å²) in [6, 6.07) is 84.6. The highest BCUT2D eigenvalue weighted by atomic mass is 16.3. The van der Waals surface area contributed by atoms with Crippen LogP contribution < -0.4 is 0 Å². The largest absolute Gasteiger partial charge is 0.456 e. The molecule has 0 bridgehead atoms. The van der Waals surface area contributed by atoms with Crippen molar-refractivity contribution in [3.05, 3.63) is 259 Å².